The molecule has 0 aliphatic heterocycles. The van der Waals surface area contributed by atoms with Crippen molar-refractivity contribution in [3.63, 3.8) is 0 Å². The molecule has 0 aromatic carbocycles. The number of hydrogen-bond acceptors (Lipinski definition) is 8. The minimum Gasteiger partial charge on any atom is -0.466 e. The van der Waals surface area contributed by atoms with Gasteiger partial charge < -0.3 is 18.9 Å². The van der Waals surface area contributed by atoms with E-state index in [0.717, 1.165) is 0 Å². The van der Waals surface area contributed by atoms with E-state index in [0.29, 0.717) is 26.4 Å². The molecule has 162 valence electrons. The second-order valence-corrected chi connectivity index (χ2v) is 5.45. The van der Waals surface area contributed by atoms with Crippen LogP contribution < -0.4 is 0 Å². The molecule has 0 fully saturated rings. The molecule has 0 aliphatic carbocycles. The maximum Gasteiger partial charge on any atom is 0.308 e. The summed E-state index contributed by atoms with van der Waals surface area (Å²) in [6.45, 7) is 13.1. The molecule has 27 heavy (non-hydrogen) atoms. The lowest BCUT2D eigenvalue weighted by atomic mass is 10.5. The monoisotopic (exact) mass is 434 g/mol. The smallest absolute Gasteiger partial charge is 0.308 e. The van der Waals surface area contributed by atoms with Crippen LogP contribution in [0.1, 0.15) is 54.9 Å². The Kier molecular flexibility index (Phi) is 32.7. The highest BCUT2D eigenvalue weighted by molar-refractivity contribution is 6.45. The Morgan fingerprint density at radius 1 is 0.630 bits per heavy atom. The summed E-state index contributed by atoms with van der Waals surface area (Å²) in [4.78, 5) is 39.3. The molecule has 0 radical (unpaired) electrons. The average molecular weight is 435 g/mol. The first-order chi connectivity index (χ1) is 12.5. The van der Waals surface area contributed by atoms with E-state index < -0.39 is 4.84 Å². The van der Waals surface area contributed by atoms with Gasteiger partial charge in [0.2, 0.25) is 0 Å². The van der Waals surface area contributed by atoms with Crippen molar-refractivity contribution in [3.05, 3.63) is 0 Å². The lowest BCUT2D eigenvalue weighted by molar-refractivity contribution is -0.143. The van der Waals surface area contributed by atoms with Gasteiger partial charge in [0.25, 0.3) is 0 Å². The molecule has 8 nitrogen and oxygen atoms in total. The Morgan fingerprint density at radius 2 is 0.889 bits per heavy atom. The first-order valence-corrected chi connectivity index (χ1v) is 9.19. The van der Waals surface area contributed by atoms with Crippen molar-refractivity contribution in [3.8, 4) is 0 Å². The van der Waals surface area contributed by atoms with Crippen LogP contribution >= 0.6 is 23.2 Å². The second-order valence-electron chi connectivity index (χ2n) is 4.17. The van der Waals surface area contributed by atoms with Gasteiger partial charge in [-0.15, -0.1) is 23.2 Å². The standard InChI is InChI=1S/C5H8Cl2O2.3C4H8O2/c1-2-9-5(8)3-4(6)7;3*1-3-6-4(2)5/h4H,2-3H2,1H3;3*3H2,1-2H3. The molecule has 0 rings (SSSR count). The van der Waals surface area contributed by atoms with Crippen molar-refractivity contribution >= 4 is 47.1 Å². The van der Waals surface area contributed by atoms with Gasteiger partial charge in [-0.1, -0.05) is 0 Å². The number of alkyl halides is 2. The van der Waals surface area contributed by atoms with Crippen LogP contribution in [0, 0.1) is 0 Å². The quantitative estimate of drug-likeness (QED) is 0.355. The average Bonchev–Trinajstić information content (AvgIpc) is 2.48. The number of rotatable bonds is 6. The zero-order valence-corrected chi connectivity index (χ0v) is 18.6. The molecule has 0 heterocycles. The van der Waals surface area contributed by atoms with E-state index in [1.54, 1.807) is 27.7 Å². The van der Waals surface area contributed by atoms with E-state index in [1.807, 2.05) is 0 Å². The highest BCUT2D eigenvalue weighted by Gasteiger charge is 2.06. The summed E-state index contributed by atoms with van der Waals surface area (Å²) >= 11 is 10.5. The Hall–Kier alpha value is -1.54. The van der Waals surface area contributed by atoms with Gasteiger partial charge in [0.1, 0.15) is 4.84 Å². The summed E-state index contributed by atoms with van der Waals surface area (Å²) in [5.74, 6) is -0.986. The van der Waals surface area contributed by atoms with Crippen LogP contribution in [0.3, 0.4) is 0 Å². The molecule has 0 unspecified atom stereocenters. The topological polar surface area (TPSA) is 105 Å². The number of esters is 4. The number of hydrogen-bond donors (Lipinski definition) is 0. The van der Waals surface area contributed by atoms with Gasteiger partial charge in [-0.05, 0) is 27.7 Å². The summed E-state index contributed by atoms with van der Waals surface area (Å²) in [5, 5.41) is 0. The Balaban J connectivity index is -0.000000133. The summed E-state index contributed by atoms with van der Waals surface area (Å²) in [6, 6.07) is 0. The highest BCUT2D eigenvalue weighted by Crippen LogP contribution is 2.07. The Bertz CT molecular complexity index is 349. The van der Waals surface area contributed by atoms with Gasteiger partial charge in [0, 0.05) is 20.8 Å². The molecule has 0 aromatic heterocycles. The predicted molar refractivity (Wildman–Crippen MR) is 104 cm³/mol. The second kappa shape index (κ2) is 26.7. The van der Waals surface area contributed by atoms with Gasteiger partial charge in [0.15, 0.2) is 0 Å². The van der Waals surface area contributed by atoms with E-state index in [2.05, 4.69) is 18.9 Å². The van der Waals surface area contributed by atoms with Crippen molar-refractivity contribution < 1.29 is 38.1 Å². The molecule has 0 aromatic rings. The van der Waals surface area contributed by atoms with Crippen LogP contribution in [0.15, 0.2) is 0 Å². The fourth-order valence-corrected chi connectivity index (χ4v) is 1.21. The number of halogens is 2. The van der Waals surface area contributed by atoms with Crippen LogP contribution in [-0.2, 0) is 38.1 Å². The molecule has 0 aliphatic rings. The van der Waals surface area contributed by atoms with Gasteiger partial charge in [-0.2, -0.15) is 0 Å². The van der Waals surface area contributed by atoms with Crippen LogP contribution in [0.25, 0.3) is 0 Å². The van der Waals surface area contributed by atoms with Gasteiger partial charge in [-0.25, -0.2) is 0 Å². The number of carbonyl (C=O) groups is 4. The normalized spacial score (nSPS) is 8.37. The third kappa shape index (κ3) is 59.0. The minimum absolute atomic E-state index is 0.0664. The zero-order valence-electron chi connectivity index (χ0n) is 17.1. The molecule has 0 saturated carbocycles. The largest absolute Gasteiger partial charge is 0.466 e. The Labute approximate surface area is 171 Å². The summed E-state index contributed by atoms with van der Waals surface area (Å²) < 4.78 is 17.8. The van der Waals surface area contributed by atoms with E-state index in [1.165, 1.54) is 20.8 Å². The van der Waals surface area contributed by atoms with Crippen molar-refractivity contribution in [2.45, 2.75) is 59.7 Å². The van der Waals surface area contributed by atoms with Crippen LogP contribution in [0.5, 0.6) is 0 Å². The van der Waals surface area contributed by atoms with E-state index >= 15 is 0 Å². The molecule has 0 atom stereocenters. The third-order valence-corrected chi connectivity index (χ3v) is 1.98. The lowest BCUT2D eigenvalue weighted by Crippen LogP contribution is -2.07. The molecule has 0 N–H and O–H groups in total. The molecule has 0 spiro atoms. The van der Waals surface area contributed by atoms with Crippen molar-refractivity contribution in [2.75, 3.05) is 26.4 Å². The van der Waals surface area contributed by atoms with Crippen LogP contribution in [0.2, 0.25) is 0 Å². The summed E-state index contributed by atoms with van der Waals surface area (Å²) in [7, 11) is 0. The molecular formula is C17H32Cl2O8. The Morgan fingerprint density at radius 3 is 1.00 bits per heavy atom. The highest BCUT2D eigenvalue weighted by atomic mass is 35.5. The van der Waals surface area contributed by atoms with E-state index in [4.69, 9.17) is 23.2 Å². The van der Waals surface area contributed by atoms with Gasteiger partial charge in [0.05, 0.1) is 32.8 Å². The third-order valence-electron chi connectivity index (χ3n) is 1.67. The van der Waals surface area contributed by atoms with Crippen LogP contribution in [-0.4, -0.2) is 55.1 Å². The summed E-state index contributed by atoms with van der Waals surface area (Å²) in [6.07, 6.45) is 0.0664. The number of ether oxygens (including phenoxy) is 4. The first-order valence-electron chi connectivity index (χ1n) is 8.31. The van der Waals surface area contributed by atoms with Gasteiger partial charge >= 0.3 is 23.9 Å². The van der Waals surface area contributed by atoms with Gasteiger partial charge in [-0.3, -0.25) is 19.2 Å². The lowest BCUT2D eigenvalue weighted by Gasteiger charge is -1.99. The van der Waals surface area contributed by atoms with E-state index in [-0.39, 0.29) is 30.3 Å². The fourth-order valence-electron chi connectivity index (χ4n) is 0.956. The fraction of sp³-hybridized carbons (Fsp3) is 0.765. The van der Waals surface area contributed by atoms with Crippen molar-refractivity contribution in [1.82, 2.24) is 0 Å². The van der Waals surface area contributed by atoms with E-state index in [9.17, 15) is 19.2 Å². The molecule has 0 amide bonds. The van der Waals surface area contributed by atoms with Crippen LogP contribution in [0.4, 0.5) is 0 Å². The zero-order chi connectivity index (χ0) is 22.3. The SMILES string of the molecule is CCOC(=O)CC(Cl)Cl.CCOC(C)=O.CCOC(C)=O.CCOC(C)=O. The molecule has 10 heteroatoms. The number of carbonyl (C=O) groups excluding carboxylic acids is 4. The first kappa shape index (κ1) is 33.1. The summed E-state index contributed by atoms with van der Waals surface area (Å²) in [5.41, 5.74) is 0. The predicted octanol–water partition coefficient (Wildman–Crippen LogP) is 3.45. The maximum atomic E-state index is 10.5. The molecule has 0 bridgehead atoms. The maximum absolute atomic E-state index is 10.5. The van der Waals surface area contributed by atoms with Crippen molar-refractivity contribution in [1.29, 1.82) is 0 Å². The molecule has 0 saturated heterocycles. The minimum atomic E-state index is -0.649. The van der Waals surface area contributed by atoms with Crippen molar-refractivity contribution in [2.24, 2.45) is 0 Å². The molecular weight excluding hydrogens is 403 g/mol.